The third-order valence-electron chi connectivity index (χ3n) is 2.46. The summed E-state index contributed by atoms with van der Waals surface area (Å²) in [5.74, 6) is 0.370. The largest absolute Gasteiger partial charge is 0.325 e. The van der Waals surface area contributed by atoms with Crippen LogP contribution in [0.15, 0.2) is 36.5 Å². The van der Waals surface area contributed by atoms with Crippen LogP contribution < -0.4 is 5.32 Å². The maximum atomic E-state index is 11.4. The first kappa shape index (κ1) is 12.7. The van der Waals surface area contributed by atoms with Crippen molar-refractivity contribution in [3.8, 4) is 17.3 Å². The Morgan fingerprint density at radius 2 is 2.26 bits per heavy atom. The smallest absolute Gasteiger partial charge is 0.238 e. The summed E-state index contributed by atoms with van der Waals surface area (Å²) in [7, 11) is 0. The van der Waals surface area contributed by atoms with Crippen LogP contribution in [-0.2, 0) is 4.79 Å². The molecule has 0 fully saturated rings. The normalized spacial score (nSPS) is 9.68. The zero-order valence-electron chi connectivity index (χ0n) is 10.4. The zero-order chi connectivity index (χ0) is 13.7. The first-order valence-corrected chi connectivity index (χ1v) is 5.76. The van der Waals surface area contributed by atoms with Crippen molar-refractivity contribution in [1.29, 1.82) is 5.26 Å². The number of benzene rings is 1. The number of nitriles is 1. The maximum Gasteiger partial charge on any atom is 0.238 e. The second-order valence-corrected chi connectivity index (χ2v) is 3.95. The van der Waals surface area contributed by atoms with Crippen molar-refractivity contribution >= 4 is 11.6 Å². The predicted octanol–water partition coefficient (Wildman–Crippen LogP) is 2.30. The maximum absolute atomic E-state index is 11.4. The van der Waals surface area contributed by atoms with Gasteiger partial charge in [0.2, 0.25) is 5.91 Å². The van der Waals surface area contributed by atoms with Crippen molar-refractivity contribution in [2.24, 2.45) is 0 Å². The van der Waals surface area contributed by atoms with Gasteiger partial charge in [-0.1, -0.05) is 12.1 Å². The average molecular weight is 252 g/mol. The number of amides is 1. The van der Waals surface area contributed by atoms with Gasteiger partial charge in [0, 0.05) is 17.4 Å². The van der Waals surface area contributed by atoms with E-state index >= 15 is 0 Å². The quantitative estimate of drug-likeness (QED) is 0.909. The SMILES string of the molecule is Cc1nccc(-c2cccc(NC(=O)CC#N)c2)n1. The Balaban J connectivity index is 2.25. The molecule has 0 aliphatic carbocycles. The van der Waals surface area contributed by atoms with Crippen LogP contribution in [0.2, 0.25) is 0 Å². The van der Waals surface area contributed by atoms with Crippen LogP contribution in [0.1, 0.15) is 12.2 Å². The van der Waals surface area contributed by atoms with E-state index in [9.17, 15) is 4.79 Å². The number of nitrogens with one attached hydrogen (secondary N) is 1. The van der Waals surface area contributed by atoms with Crippen molar-refractivity contribution in [3.63, 3.8) is 0 Å². The Morgan fingerprint density at radius 1 is 1.42 bits per heavy atom. The number of aromatic nitrogens is 2. The molecule has 0 unspecified atom stereocenters. The lowest BCUT2D eigenvalue weighted by Gasteiger charge is -2.06. The summed E-state index contributed by atoms with van der Waals surface area (Å²) in [6.45, 7) is 1.82. The van der Waals surface area contributed by atoms with Gasteiger partial charge in [-0.2, -0.15) is 5.26 Å². The molecule has 2 rings (SSSR count). The lowest BCUT2D eigenvalue weighted by molar-refractivity contribution is -0.115. The molecule has 0 spiro atoms. The number of carbonyl (C=O) groups excluding carboxylic acids is 1. The second kappa shape index (κ2) is 5.74. The van der Waals surface area contributed by atoms with Gasteiger partial charge in [0.25, 0.3) is 0 Å². The minimum Gasteiger partial charge on any atom is -0.325 e. The molecule has 1 amide bonds. The first-order valence-electron chi connectivity index (χ1n) is 5.76. The topological polar surface area (TPSA) is 78.7 Å². The van der Waals surface area contributed by atoms with E-state index in [4.69, 9.17) is 5.26 Å². The monoisotopic (exact) mass is 252 g/mol. The molecule has 0 bridgehead atoms. The van der Waals surface area contributed by atoms with Gasteiger partial charge in [0.1, 0.15) is 12.2 Å². The van der Waals surface area contributed by atoms with Crippen molar-refractivity contribution in [1.82, 2.24) is 9.97 Å². The summed E-state index contributed by atoms with van der Waals surface area (Å²) in [4.78, 5) is 19.7. The molecule has 19 heavy (non-hydrogen) atoms. The second-order valence-electron chi connectivity index (χ2n) is 3.95. The van der Waals surface area contributed by atoms with E-state index in [1.165, 1.54) is 0 Å². The van der Waals surface area contributed by atoms with Crippen LogP contribution in [0.4, 0.5) is 5.69 Å². The molecule has 0 aliphatic rings. The molecule has 0 atom stereocenters. The van der Waals surface area contributed by atoms with Crippen LogP contribution >= 0.6 is 0 Å². The lowest BCUT2D eigenvalue weighted by Crippen LogP contribution is -2.09. The zero-order valence-corrected chi connectivity index (χ0v) is 10.4. The fraction of sp³-hybridized carbons (Fsp3) is 0.143. The van der Waals surface area contributed by atoms with E-state index in [0.29, 0.717) is 11.5 Å². The predicted molar refractivity (Wildman–Crippen MR) is 71.1 cm³/mol. The Kier molecular flexibility index (Phi) is 3.84. The molecule has 0 aliphatic heterocycles. The van der Waals surface area contributed by atoms with E-state index < -0.39 is 0 Å². The molecule has 5 nitrogen and oxygen atoms in total. The minimum atomic E-state index is -0.321. The third-order valence-corrected chi connectivity index (χ3v) is 2.46. The average Bonchev–Trinajstić information content (AvgIpc) is 2.39. The van der Waals surface area contributed by atoms with Crippen molar-refractivity contribution < 1.29 is 4.79 Å². The van der Waals surface area contributed by atoms with Gasteiger partial charge >= 0.3 is 0 Å². The van der Waals surface area contributed by atoms with Crippen LogP contribution in [0.5, 0.6) is 0 Å². The van der Waals surface area contributed by atoms with Crippen LogP contribution in [0.25, 0.3) is 11.3 Å². The number of hydrogen-bond donors (Lipinski definition) is 1. The molecule has 1 aromatic carbocycles. The minimum absolute atomic E-state index is 0.156. The molecule has 94 valence electrons. The van der Waals surface area contributed by atoms with Gasteiger partial charge in [-0.05, 0) is 25.1 Å². The summed E-state index contributed by atoms with van der Waals surface area (Å²) < 4.78 is 0. The van der Waals surface area contributed by atoms with Crippen LogP contribution in [-0.4, -0.2) is 15.9 Å². The summed E-state index contributed by atoms with van der Waals surface area (Å²) in [6.07, 6.45) is 1.54. The van der Waals surface area contributed by atoms with Crippen molar-refractivity contribution in [2.75, 3.05) is 5.32 Å². The highest BCUT2D eigenvalue weighted by Gasteiger charge is 2.04. The Bertz CT molecular complexity index is 646. The molecular formula is C14H12N4O. The Morgan fingerprint density at radius 3 is 3.00 bits per heavy atom. The Hall–Kier alpha value is -2.74. The molecule has 1 aromatic heterocycles. The lowest BCUT2D eigenvalue weighted by atomic mass is 10.1. The number of rotatable bonds is 3. The van der Waals surface area contributed by atoms with E-state index in [-0.39, 0.29) is 12.3 Å². The number of carbonyl (C=O) groups is 1. The molecule has 1 heterocycles. The van der Waals surface area contributed by atoms with Gasteiger partial charge < -0.3 is 5.32 Å². The number of anilines is 1. The van der Waals surface area contributed by atoms with Gasteiger partial charge in [-0.3, -0.25) is 4.79 Å². The van der Waals surface area contributed by atoms with E-state index in [1.54, 1.807) is 12.3 Å². The van der Waals surface area contributed by atoms with E-state index in [1.807, 2.05) is 37.3 Å². The van der Waals surface area contributed by atoms with E-state index in [0.717, 1.165) is 11.3 Å². The molecule has 5 heteroatoms. The fourth-order valence-electron chi connectivity index (χ4n) is 1.65. The van der Waals surface area contributed by atoms with Gasteiger partial charge in [-0.15, -0.1) is 0 Å². The molecule has 0 saturated carbocycles. The molecular weight excluding hydrogens is 240 g/mol. The fourth-order valence-corrected chi connectivity index (χ4v) is 1.65. The van der Waals surface area contributed by atoms with Crippen LogP contribution in [0, 0.1) is 18.3 Å². The summed E-state index contributed by atoms with van der Waals surface area (Å²) >= 11 is 0. The summed E-state index contributed by atoms with van der Waals surface area (Å²) in [5, 5.41) is 11.1. The summed E-state index contributed by atoms with van der Waals surface area (Å²) in [6, 6.07) is 10.9. The van der Waals surface area contributed by atoms with Crippen molar-refractivity contribution in [3.05, 3.63) is 42.4 Å². The van der Waals surface area contributed by atoms with Crippen molar-refractivity contribution in [2.45, 2.75) is 13.3 Å². The molecule has 2 aromatic rings. The van der Waals surface area contributed by atoms with Gasteiger partial charge in [-0.25, -0.2) is 9.97 Å². The highest BCUT2D eigenvalue weighted by atomic mass is 16.1. The number of hydrogen-bond acceptors (Lipinski definition) is 4. The highest BCUT2D eigenvalue weighted by Crippen LogP contribution is 2.20. The van der Waals surface area contributed by atoms with Gasteiger partial charge in [0.05, 0.1) is 11.8 Å². The molecule has 0 saturated heterocycles. The highest BCUT2D eigenvalue weighted by molar-refractivity contribution is 5.92. The summed E-state index contributed by atoms with van der Waals surface area (Å²) in [5.41, 5.74) is 2.33. The number of nitrogens with zero attached hydrogens (tertiary/aromatic N) is 3. The van der Waals surface area contributed by atoms with Crippen LogP contribution in [0.3, 0.4) is 0 Å². The Labute approximate surface area is 110 Å². The molecule has 0 radical (unpaired) electrons. The standard InChI is InChI=1S/C14H12N4O/c1-10-16-8-6-13(17-10)11-3-2-4-12(9-11)18-14(19)5-7-15/h2-4,6,8-9H,5H2,1H3,(H,18,19). The molecule has 1 N–H and O–H groups in total. The van der Waals surface area contributed by atoms with Gasteiger partial charge in [0.15, 0.2) is 0 Å². The first-order chi connectivity index (χ1) is 9.19. The van der Waals surface area contributed by atoms with E-state index in [2.05, 4.69) is 15.3 Å². The third kappa shape index (κ3) is 3.36. The number of aryl methyl sites for hydroxylation is 1.